The van der Waals surface area contributed by atoms with Crippen molar-refractivity contribution < 1.29 is 14.3 Å². The van der Waals surface area contributed by atoms with Crippen molar-refractivity contribution in [2.24, 2.45) is 0 Å². The van der Waals surface area contributed by atoms with Crippen molar-refractivity contribution in [3.05, 3.63) is 59.4 Å². The van der Waals surface area contributed by atoms with Crippen LogP contribution in [-0.4, -0.2) is 36.3 Å². The van der Waals surface area contributed by atoms with E-state index in [0.717, 1.165) is 37.1 Å². The molecule has 2 aromatic carbocycles. The van der Waals surface area contributed by atoms with E-state index in [-0.39, 0.29) is 24.1 Å². The number of hydrogen-bond acceptors (Lipinski definition) is 4. The lowest BCUT2D eigenvalue weighted by Crippen LogP contribution is -2.45. The second kappa shape index (κ2) is 7.38. The van der Waals surface area contributed by atoms with Gasteiger partial charge in [-0.25, -0.2) is 0 Å². The van der Waals surface area contributed by atoms with E-state index in [1.807, 2.05) is 31.2 Å². The fourth-order valence-electron chi connectivity index (χ4n) is 3.50. The number of benzene rings is 2. The van der Waals surface area contributed by atoms with Gasteiger partial charge in [0, 0.05) is 18.8 Å². The summed E-state index contributed by atoms with van der Waals surface area (Å²) < 4.78 is 5.86. The molecule has 2 N–H and O–H groups in total. The zero-order chi connectivity index (χ0) is 19.7. The summed E-state index contributed by atoms with van der Waals surface area (Å²) in [5, 5.41) is 0. The Morgan fingerprint density at radius 2 is 1.86 bits per heavy atom. The maximum atomic E-state index is 13.1. The summed E-state index contributed by atoms with van der Waals surface area (Å²) in [6.07, 6.45) is 3.71. The molecule has 6 heteroatoms. The predicted molar refractivity (Wildman–Crippen MR) is 109 cm³/mol. The van der Waals surface area contributed by atoms with Crippen LogP contribution in [0.5, 0.6) is 5.75 Å². The number of amides is 2. The third-order valence-electron chi connectivity index (χ3n) is 5.08. The fourth-order valence-corrected chi connectivity index (χ4v) is 3.50. The van der Waals surface area contributed by atoms with Crippen molar-refractivity contribution in [2.75, 3.05) is 30.3 Å². The van der Waals surface area contributed by atoms with E-state index in [0.29, 0.717) is 17.1 Å². The molecular weight excluding hydrogens is 354 g/mol. The number of anilines is 2. The molecule has 28 heavy (non-hydrogen) atoms. The minimum atomic E-state index is -0.341. The standard InChI is InChI=1S/C22H23N3O3/c1-15-4-6-16(7-5-15)12-20-22(27)25(14-21(26)24-10-2-3-11-24)18-13-17(23)8-9-19(18)28-20/h4-9,12-13H,2-3,10-11,14,23H2,1H3/b20-12+. The van der Waals surface area contributed by atoms with Gasteiger partial charge in [0.2, 0.25) is 5.91 Å². The molecule has 0 spiro atoms. The van der Waals surface area contributed by atoms with Crippen molar-refractivity contribution in [2.45, 2.75) is 19.8 Å². The Kier molecular flexibility index (Phi) is 4.77. The Labute approximate surface area is 164 Å². The van der Waals surface area contributed by atoms with Crippen LogP contribution < -0.4 is 15.4 Å². The number of ether oxygens (including phenoxy) is 1. The van der Waals surface area contributed by atoms with E-state index in [1.54, 1.807) is 29.2 Å². The van der Waals surface area contributed by atoms with Crippen LogP contribution in [0, 0.1) is 6.92 Å². The highest BCUT2D eigenvalue weighted by molar-refractivity contribution is 6.12. The Morgan fingerprint density at radius 1 is 1.14 bits per heavy atom. The summed E-state index contributed by atoms with van der Waals surface area (Å²) in [5.74, 6) is 0.304. The molecular formula is C22H23N3O3. The van der Waals surface area contributed by atoms with Crippen LogP contribution in [0.3, 0.4) is 0 Å². The minimum absolute atomic E-state index is 0.0239. The van der Waals surface area contributed by atoms with Crippen molar-refractivity contribution in [1.82, 2.24) is 4.90 Å². The van der Waals surface area contributed by atoms with Gasteiger partial charge in [-0.1, -0.05) is 29.8 Å². The fraction of sp³-hybridized carbons (Fsp3) is 0.273. The van der Waals surface area contributed by atoms with E-state index in [9.17, 15) is 9.59 Å². The smallest absolute Gasteiger partial charge is 0.294 e. The third-order valence-corrected chi connectivity index (χ3v) is 5.08. The average Bonchev–Trinajstić information content (AvgIpc) is 3.22. The van der Waals surface area contributed by atoms with Gasteiger partial charge in [-0.2, -0.15) is 0 Å². The van der Waals surface area contributed by atoms with Gasteiger partial charge >= 0.3 is 0 Å². The van der Waals surface area contributed by atoms with E-state index < -0.39 is 0 Å². The summed E-state index contributed by atoms with van der Waals surface area (Å²) in [7, 11) is 0. The topological polar surface area (TPSA) is 75.9 Å². The summed E-state index contributed by atoms with van der Waals surface area (Å²) in [6, 6.07) is 12.9. The molecule has 144 valence electrons. The summed E-state index contributed by atoms with van der Waals surface area (Å²) in [5.41, 5.74) is 8.95. The number of nitrogen functional groups attached to an aromatic ring is 1. The Balaban J connectivity index is 1.68. The van der Waals surface area contributed by atoms with E-state index in [1.165, 1.54) is 4.90 Å². The first-order chi connectivity index (χ1) is 13.5. The normalized spacial score (nSPS) is 17.6. The van der Waals surface area contributed by atoms with Crippen molar-refractivity contribution in [3.63, 3.8) is 0 Å². The van der Waals surface area contributed by atoms with Gasteiger partial charge < -0.3 is 15.4 Å². The van der Waals surface area contributed by atoms with Crippen molar-refractivity contribution in [3.8, 4) is 5.75 Å². The first kappa shape index (κ1) is 18.1. The maximum Gasteiger partial charge on any atom is 0.294 e. The number of hydrogen-bond donors (Lipinski definition) is 1. The van der Waals surface area contributed by atoms with Crippen LogP contribution in [0.1, 0.15) is 24.0 Å². The zero-order valence-corrected chi connectivity index (χ0v) is 15.9. The molecule has 0 aromatic heterocycles. The van der Waals surface area contributed by atoms with Gasteiger partial charge in [-0.05, 0) is 49.6 Å². The van der Waals surface area contributed by atoms with Crippen molar-refractivity contribution in [1.29, 1.82) is 0 Å². The second-order valence-corrected chi connectivity index (χ2v) is 7.23. The summed E-state index contributed by atoms with van der Waals surface area (Å²) in [6.45, 7) is 3.47. The average molecular weight is 377 g/mol. The molecule has 0 saturated carbocycles. The summed E-state index contributed by atoms with van der Waals surface area (Å²) in [4.78, 5) is 29.1. The lowest BCUT2D eigenvalue weighted by atomic mass is 10.1. The summed E-state index contributed by atoms with van der Waals surface area (Å²) >= 11 is 0. The molecule has 4 rings (SSSR count). The van der Waals surface area contributed by atoms with Crippen LogP contribution in [0.25, 0.3) is 6.08 Å². The number of fused-ring (bicyclic) bond motifs is 1. The van der Waals surface area contributed by atoms with Crippen LogP contribution in [-0.2, 0) is 9.59 Å². The number of aryl methyl sites for hydroxylation is 1. The number of likely N-dealkylation sites (tertiary alicyclic amines) is 1. The number of nitrogens with two attached hydrogens (primary N) is 1. The van der Waals surface area contributed by atoms with Crippen molar-refractivity contribution >= 4 is 29.3 Å². The van der Waals surface area contributed by atoms with Gasteiger partial charge in [0.25, 0.3) is 5.91 Å². The molecule has 1 fully saturated rings. The quantitative estimate of drug-likeness (QED) is 0.659. The molecule has 0 bridgehead atoms. The molecule has 0 unspecified atom stereocenters. The first-order valence-corrected chi connectivity index (χ1v) is 9.46. The Hall–Kier alpha value is -3.28. The molecule has 2 amide bonds. The molecule has 0 atom stereocenters. The highest BCUT2D eigenvalue weighted by Gasteiger charge is 2.33. The van der Waals surface area contributed by atoms with Crippen LogP contribution >= 0.6 is 0 Å². The van der Waals surface area contributed by atoms with Gasteiger partial charge in [0.15, 0.2) is 11.5 Å². The van der Waals surface area contributed by atoms with Crippen LogP contribution in [0.15, 0.2) is 48.2 Å². The SMILES string of the molecule is Cc1ccc(/C=C2/Oc3ccc(N)cc3N(CC(=O)N3CCCC3)C2=O)cc1. The van der Waals surface area contributed by atoms with Crippen LogP contribution in [0.2, 0.25) is 0 Å². The Bertz CT molecular complexity index is 944. The highest BCUT2D eigenvalue weighted by atomic mass is 16.5. The number of nitrogens with zero attached hydrogens (tertiary/aromatic N) is 2. The second-order valence-electron chi connectivity index (χ2n) is 7.23. The monoisotopic (exact) mass is 377 g/mol. The zero-order valence-electron chi connectivity index (χ0n) is 15.9. The molecule has 1 saturated heterocycles. The van der Waals surface area contributed by atoms with E-state index in [2.05, 4.69) is 0 Å². The molecule has 2 aromatic rings. The van der Waals surface area contributed by atoms with E-state index >= 15 is 0 Å². The molecule has 0 radical (unpaired) electrons. The molecule has 6 nitrogen and oxygen atoms in total. The molecule has 2 aliphatic rings. The first-order valence-electron chi connectivity index (χ1n) is 9.46. The lowest BCUT2D eigenvalue weighted by Gasteiger charge is -2.31. The highest BCUT2D eigenvalue weighted by Crippen LogP contribution is 2.37. The largest absolute Gasteiger partial charge is 0.449 e. The maximum absolute atomic E-state index is 13.1. The number of carbonyl (C=O) groups excluding carboxylic acids is 2. The third kappa shape index (κ3) is 3.58. The van der Waals surface area contributed by atoms with Crippen LogP contribution in [0.4, 0.5) is 11.4 Å². The van der Waals surface area contributed by atoms with Gasteiger partial charge in [0.05, 0.1) is 5.69 Å². The number of carbonyl (C=O) groups is 2. The molecule has 2 heterocycles. The number of rotatable bonds is 3. The van der Waals surface area contributed by atoms with E-state index in [4.69, 9.17) is 10.5 Å². The predicted octanol–water partition coefficient (Wildman–Crippen LogP) is 2.97. The van der Waals surface area contributed by atoms with Gasteiger partial charge in [0.1, 0.15) is 6.54 Å². The lowest BCUT2D eigenvalue weighted by molar-refractivity contribution is -0.130. The minimum Gasteiger partial charge on any atom is -0.449 e. The van der Waals surface area contributed by atoms with Gasteiger partial charge in [-0.3, -0.25) is 14.5 Å². The molecule has 0 aliphatic carbocycles. The van der Waals surface area contributed by atoms with Gasteiger partial charge in [-0.15, -0.1) is 0 Å². The Morgan fingerprint density at radius 3 is 2.57 bits per heavy atom. The molecule has 2 aliphatic heterocycles.